The average molecular weight is 445 g/mol. The normalized spacial score (nSPS) is 11.5. The molecular formula is C19H16N4O3S3. The molecule has 4 rings (SSSR count). The summed E-state index contributed by atoms with van der Waals surface area (Å²) in [5.41, 5.74) is 1.60. The summed E-state index contributed by atoms with van der Waals surface area (Å²) in [6, 6.07) is 12.1. The van der Waals surface area contributed by atoms with Gasteiger partial charge >= 0.3 is 0 Å². The number of hydrogen-bond donors (Lipinski definition) is 1. The fourth-order valence-corrected chi connectivity index (χ4v) is 5.48. The summed E-state index contributed by atoms with van der Waals surface area (Å²) >= 11 is 2.58. The van der Waals surface area contributed by atoms with Gasteiger partial charge in [0, 0.05) is 17.8 Å². The van der Waals surface area contributed by atoms with Crippen LogP contribution in [0, 0.1) is 0 Å². The van der Waals surface area contributed by atoms with Crippen molar-refractivity contribution in [2.45, 2.75) is 9.37 Å². The Balaban J connectivity index is 1.69. The molecule has 3 aromatic heterocycles. The van der Waals surface area contributed by atoms with Gasteiger partial charge in [0.1, 0.15) is 9.96 Å². The van der Waals surface area contributed by atoms with Crippen LogP contribution < -0.4 is 9.46 Å². The molecule has 0 fully saturated rings. The van der Waals surface area contributed by atoms with Gasteiger partial charge in [-0.15, -0.1) is 11.3 Å². The van der Waals surface area contributed by atoms with Gasteiger partial charge in [0.05, 0.1) is 28.9 Å². The van der Waals surface area contributed by atoms with Crippen molar-refractivity contribution in [2.24, 2.45) is 0 Å². The molecule has 0 aliphatic heterocycles. The minimum absolute atomic E-state index is 0.191. The van der Waals surface area contributed by atoms with E-state index in [-0.39, 0.29) is 4.21 Å². The van der Waals surface area contributed by atoms with E-state index in [4.69, 9.17) is 4.74 Å². The zero-order valence-corrected chi connectivity index (χ0v) is 17.9. The van der Waals surface area contributed by atoms with Crippen LogP contribution in [0.5, 0.6) is 5.75 Å². The summed E-state index contributed by atoms with van der Waals surface area (Å²) in [5, 5.41) is 1.36. The second kappa shape index (κ2) is 7.97. The molecule has 1 aromatic carbocycles. The van der Waals surface area contributed by atoms with Gasteiger partial charge in [-0.3, -0.25) is 9.71 Å². The van der Waals surface area contributed by atoms with Crippen LogP contribution in [0.4, 0.5) is 5.69 Å². The van der Waals surface area contributed by atoms with Gasteiger partial charge in [-0.25, -0.2) is 18.4 Å². The average Bonchev–Trinajstić information content (AvgIpc) is 3.25. The van der Waals surface area contributed by atoms with Gasteiger partial charge in [0.15, 0.2) is 5.16 Å². The van der Waals surface area contributed by atoms with Crippen LogP contribution in [0.3, 0.4) is 0 Å². The number of anilines is 1. The number of thiophene rings is 1. The first-order valence-electron chi connectivity index (χ1n) is 8.43. The molecule has 3 heterocycles. The smallest absolute Gasteiger partial charge is 0.271 e. The van der Waals surface area contributed by atoms with Crippen LogP contribution in [0.2, 0.25) is 0 Å². The van der Waals surface area contributed by atoms with E-state index in [1.165, 1.54) is 11.8 Å². The fraction of sp³-hybridized carbons (Fsp3) is 0.105. The topological polar surface area (TPSA) is 94.1 Å². The molecule has 0 bridgehead atoms. The third-order valence-corrected chi connectivity index (χ3v) is 7.64. The quantitative estimate of drug-likeness (QED) is 0.350. The van der Waals surface area contributed by atoms with Crippen LogP contribution in [-0.4, -0.2) is 36.7 Å². The summed E-state index contributed by atoms with van der Waals surface area (Å²) in [4.78, 5) is 13.6. The number of thioether (sulfide) groups is 1. The molecule has 0 saturated heterocycles. The molecule has 0 radical (unpaired) electrons. The Morgan fingerprint density at radius 2 is 1.93 bits per heavy atom. The van der Waals surface area contributed by atoms with Gasteiger partial charge in [-0.05, 0) is 48.7 Å². The van der Waals surface area contributed by atoms with E-state index < -0.39 is 10.0 Å². The van der Waals surface area contributed by atoms with Gasteiger partial charge in [-0.2, -0.15) is 0 Å². The summed E-state index contributed by atoms with van der Waals surface area (Å²) in [6.45, 7) is 0. The number of aromatic nitrogens is 3. The maximum Gasteiger partial charge on any atom is 0.271 e. The SMILES string of the molecule is COc1ccc(NS(=O)(=O)c2ccc(-c3ccnc(SC)n3)s2)c2ncccc12. The molecule has 0 aliphatic carbocycles. The number of nitrogens with one attached hydrogen (secondary N) is 1. The number of nitrogens with zero attached hydrogens (tertiary/aromatic N) is 3. The first-order valence-corrected chi connectivity index (χ1v) is 12.0. The molecule has 0 atom stereocenters. The largest absolute Gasteiger partial charge is 0.496 e. The lowest BCUT2D eigenvalue weighted by atomic mass is 10.2. The Morgan fingerprint density at radius 3 is 2.72 bits per heavy atom. The number of rotatable bonds is 6. The van der Waals surface area contributed by atoms with E-state index in [1.54, 1.807) is 55.9 Å². The van der Waals surface area contributed by atoms with Crippen LogP contribution in [0.15, 0.2) is 64.2 Å². The van der Waals surface area contributed by atoms with E-state index >= 15 is 0 Å². The van der Waals surface area contributed by atoms with Crippen molar-refractivity contribution in [3.05, 3.63) is 54.9 Å². The molecule has 0 unspecified atom stereocenters. The molecule has 0 spiro atoms. The minimum Gasteiger partial charge on any atom is -0.496 e. The zero-order chi connectivity index (χ0) is 20.4. The Labute approximate surface area is 176 Å². The number of pyridine rings is 1. The molecule has 29 heavy (non-hydrogen) atoms. The Morgan fingerprint density at radius 1 is 1.07 bits per heavy atom. The van der Waals surface area contributed by atoms with Gasteiger partial charge in [-0.1, -0.05) is 11.8 Å². The van der Waals surface area contributed by atoms with Crippen molar-refractivity contribution >= 4 is 49.7 Å². The molecule has 1 N–H and O–H groups in total. The monoisotopic (exact) mass is 444 g/mol. The predicted octanol–water partition coefficient (Wildman–Crippen LogP) is 4.28. The van der Waals surface area contributed by atoms with E-state index in [1.807, 2.05) is 12.3 Å². The lowest BCUT2D eigenvalue weighted by Gasteiger charge is -2.11. The molecule has 4 aromatic rings. The third-order valence-electron chi connectivity index (χ3n) is 4.11. The highest BCUT2D eigenvalue weighted by molar-refractivity contribution is 7.98. The van der Waals surface area contributed by atoms with Crippen molar-refractivity contribution < 1.29 is 13.2 Å². The summed E-state index contributed by atoms with van der Waals surface area (Å²) < 4.78 is 34.1. The van der Waals surface area contributed by atoms with Crippen molar-refractivity contribution in [2.75, 3.05) is 18.1 Å². The Bertz CT molecular complexity index is 1290. The number of benzene rings is 1. The molecule has 148 valence electrons. The molecular weight excluding hydrogens is 428 g/mol. The van der Waals surface area contributed by atoms with E-state index in [0.717, 1.165) is 21.6 Å². The summed E-state index contributed by atoms with van der Waals surface area (Å²) in [6.07, 6.45) is 5.16. The maximum atomic E-state index is 13.0. The Kier molecular flexibility index (Phi) is 5.39. The van der Waals surface area contributed by atoms with Gasteiger partial charge in [0.2, 0.25) is 0 Å². The number of hydrogen-bond acceptors (Lipinski definition) is 8. The van der Waals surface area contributed by atoms with Crippen molar-refractivity contribution in [1.29, 1.82) is 0 Å². The standard InChI is InChI=1S/C19H16N4O3S3/c1-26-15-6-5-14(18-12(15)4-3-10-20-18)23-29(24,25)17-8-7-16(28-17)13-9-11-21-19(22-13)27-2/h3-11,23H,1-2H3. The van der Waals surface area contributed by atoms with E-state index in [0.29, 0.717) is 27.8 Å². The highest BCUT2D eigenvalue weighted by Crippen LogP contribution is 2.34. The van der Waals surface area contributed by atoms with Gasteiger partial charge < -0.3 is 4.74 Å². The third kappa shape index (κ3) is 3.91. The van der Waals surface area contributed by atoms with Crippen molar-refractivity contribution in [3.63, 3.8) is 0 Å². The molecule has 0 aliphatic rings. The van der Waals surface area contributed by atoms with Crippen LogP contribution in [0.25, 0.3) is 21.5 Å². The van der Waals surface area contributed by atoms with Gasteiger partial charge in [0.25, 0.3) is 10.0 Å². The zero-order valence-electron chi connectivity index (χ0n) is 15.5. The summed E-state index contributed by atoms with van der Waals surface area (Å²) in [5.74, 6) is 0.628. The first-order chi connectivity index (χ1) is 14.0. The second-order valence-corrected chi connectivity index (χ2v) is 9.63. The number of methoxy groups -OCH3 is 1. The van der Waals surface area contributed by atoms with Crippen molar-refractivity contribution in [1.82, 2.24) is 15.0 Å². The highest BCUT2D eigenvalue weighted by atomic mass is 32.2. The molecule has 10 heteroatoms. The number of sulfonamides is 1. The highest BCUT2D eigenvalue weighted by Gasteiger charge is 2.20. The summed E-state index contributed by atoms with van der Waals surface area (Å²) in [7, 11) is -2.22. The van der Waals surface area contributed by atoms with E-state index in [2.05, 4.69) is 19.7 Å². The predicted molar refractivity (Wildman–Crippen MR) is 116 cm³/mol. The fourth-order valence-electron chi connectivity index (χ4n) is 2.78. The minimum atomic E-state index is -3.79. The van der Waals surface area contributed by atoms with Crippen LogP contribution in [-0.2, 0) is 10.0 Å². The van der Waals surface area contributed by atoms with Crippen LogP contribution in [0.1, 0.15) is 0 Å². The first kappa shape index (κ1) is 19.6. The lowest BCUT2D eigenvalue weighted by Crippen LogP contribution is -2.12. The molecule has 0 saturated carbocycles. The van der Waals surface area contributed by atoms with E-state index in [9.17, 15) is 8.42 Å². The molecule has 7 nitrogen and oxygen atoms in total. The Hall–Kier alpha value is -2.69. The second-order valence-electron chi connectivity index (χ2n) is 5.87. The number of fused-ring (bicyclic) bond motifs is 1. The number of ether oxygens (including phenoxy) is 1. The molecule has 0 amide bonds. The van der Waals surface area contributed by atoms with Crippen LogP contribution >= 0.6 is 23.1 Å². The maximum absolute atomic E-state index is 13.0. The van der Waals surface area contributed by atoms with Crippen molar-refractivity contribution in [3.8, 4) is 16.3 Å². The lowest BCUT2D eigenvalue weighted by molar-refractivity contribution is 0.420.